The van der Waals surface area contributed by atoms with Crippen molar-refractivity contribution in [2.24, 2.45) is 0 Å². The van der Waals surface area contributed by atoms with Crippen molar-refractivity contribution < 1.29 is 9.53 Å². The molecule has 2 aromatic carbocycles. The Balaban J connectivity index is 1.93. The first-order valence-corrected chi connectivity index (χ1v) is 10.4. The van der Waals surface area contributed by atoms with E-state index in [0.29, 0.717) is 28.4 Å². The molecule has 0 radical (unpaired) electrons. The van der Waals surface area contributed by atoms with E-state index in [-0.39, 0.29) is 24.0 Å². The van der Waals surface area contributed by atoms with E-state index in [9.17, 15) is 9.59 Å². The summed E-state index contributed by atoms with van der Waals surface area (Å²) in [5.74, 6) is 0.287. The molecule has 0 aliphatic carbocycles. The largest absolute Gasteiger partial charge is 0.466 e. The van der Waals surface area contributed by atoms with Crippen LogP contribution in [0.3, 0.4) is 0 Å². The van der Waals surface area contributed by atoms with Crippen LogP contribution >= 0.6 is 11.8 Å². The Morgan fingerprint density at radius 1 is 1.14 bits per heavy atom. The van der Waals surface area contributed by atoms with Crippen molar-refractivity contribution in [2.45, 2.75) is 37.9 Å². The fraction of sp³-hybridized carbons (Fsp3) is 0.318. The summed E-state index contributed by atoms with van der Waals surface area (Å²) in [6.07, 6.45) is 1.09. The van der Waals surface area contributed by atoms with Crippen molar-refractivity contribution in [1.82, 2.24) is 9.55 Å². The summed E-state index contributed by atoms with van der Waals surface area (Å²) >= 11 is 1.41. The maximum atomic E-state index is 13.2. The number of carbonyl (C=O) groups excluding carboxylic acids is 1. The summed E-state index contributed by atoms with van der Waals surface area (Å²) in [6, 6.07) is 17.1. The van der Waals surface area contributed by atoms with Crippen LogP contribution in [0.5, 0.6) is 0 Å². The Kier molecular flexibility index (Phi) is 6.87. The number of hydrogen-bond donors (Lipinski definition) is 0. The van der Waals surface area contributed by atoms with Gasteiger partial charge in [0.2, 0.25) is 0 Å². The van der Waals surface area contributed by atoms with Crippen molar-refractivity contribution in [3.63, 3.8) is 0 Å². The van der Waals surface area contributed by atoms with Gasteiger partial charge in [-0.25, -0.2) is 4.98 Å². The number of thioether (sulfide) groups is 1. The van der Waals surface area contributed by atoms with Crippen molar-refractivity contribution in [2.75, 3.05) is 12.4 Å². The maximum Gasteiger partial charge on any atom is 0.306 e. The molecule has 0 saturated carbocycles. The molecule has 6 heteroatoms. The van der Waals surface area contributed by atoms with Crippen molar-refractivity contribution in [3.8, 4) is 0 Å². The molecule has 146 valence electrons. The lowest BCUT2D eigenvalue weighted by Gasteiger charge is -2.20. The Hall–Kier alpha value is -2.60. The summed E-state index contributed by atoms with van der Waals surface area (Å²) in [6.45, 7) is 4.39. The molecule has 0 fully saturated rings. The van der Waals surface area contributed by atoms with Gasteiger partial charge in [0, 0.05) is 5.75 Å². The lowest BCUT2D eigenvalue weighted by molar-refractivity contribution is -0.143. The normalized spacial score (nSPS) is 12.1. The molecule has 1 atom stereocenters. The highest BCUT2D eigenvalue weighted by Gasteiger charge is 2.18. The molecule has 0 aliphatic rings. The second-order valence-electron chi connectivity index (χ2n) is 6.49. The number of hydrogen-bond acceptors (Lipinski definition) is 5. The lowest BCUT2D eigenvalue weighted by Crippen LogP contribution is -2.27. The quantitative estimate of drug-likeness (QED) is 0.320. The molecule has 28 heavy (non-hydrogen) atoms. The highest BCUT2D eigenvalue weighted by Crippen LogP contribution is 2.25. The van der Waals surface area contributed by atoms with E-state index in [1.165, 1.54) is 11.8 Å². The standard InChI is InChI=1S/C22H24N2O3S/c1-3-14-27-20(25)13-15-28-22-23-19-12-8-7-11-18(19)21(26)24(22)16(2)17-9-5-4-6-10-17/h4-12,16H,3,13-15H2,1-2H3/t16-/m1/s1. The van der Waals surface area contributed by atoms with Crippen LogP contribution in [0.1, 0.15) is 38.3 Å². The topological polar surface area (TPSA) is 61.2 Å². The van der Waals surface area contributed by atoms with Crippen molar-refractivity contribution in [3.05, 3.63) is 70.5 Å². The van der Waals surface area contributed by atoms with E-state index >= 15 is 0 Å². The van der Waals surface area contributed by atoms with Crippen LogP contribution in [0, 0.1) is 0 Å². The number of esters is 1. The maximum absolute atomic E-state index is 13.2. The zero-order valence-electron chi connectivity index (χ0n) is 16.1. The number of carbonyl (C=O) groups is 1. The molecule has 1 heterocycles. The van der Waals surface area contributed by atoms with Gasteiger partial charge in [-0.1, -0.05) is 61.2 Å². The van der Waals surface area contributed by atoms with Gasteiger partial charge in [0.1, 0.15) is 0 Å². The molecule has 5 nitrogen and oxygen atoms in total. The van der Waals surface area contributed by atoms with Crippen LogP contribution in [-0.4, -0.2) is 27.9 Å². The first kappa shape index (κ1) is 20.1. The minimum absolute atomic E-state index is 0.0713. The molecule has 1 aromatic heterocycles. The summed E-state index contributed by atoms with van der Waals surface area (Å²) in [5.41, 5.74) is 1.63. The van der Waals surface area contributed by atoms with Crippen molar-refractivity contribution >= 4 is 28.6 Å². The number of aromatic nitrogens is 2. The predicted octanol–water partition coefficient (Wildman–Crippen LogP) is 4.44. The van der Waals surface area contributed by atoms with Gasteiger partial charge >= 0.3 is 5.97 Å². The van der Waals surface area contributed by atoms with Gasteiger partial charge in [-0.3, -0.25) is 14.2 Å². The van der Waals surface area contributed by atoms with E-state index < -0.39 is 0 Å². The number of rotatable bonds is 8. The molecule has 0 aliphatic heterocycles. The molecule has 0 N–H and O–H groups in total. The molecule has 0 unspecified atom stereocenters. The summed E-state index contributed by atoms with van der Waals surface area (Å²) in [5, 5.41) is 1.21. The van der Waals surface area contributed by atoms with E-state index in [2.05, 4.69) is 0 Å². The van der Waals surface area contributed by atoms with Crippen molar-refractivity contribution in [1.29, 1.82) is 0 Å². The van der Waals surface area contributed by atoms with Crippen LogP contribution < -0.4 is 5.56 Å². The summed E-state index contributed by atoms with van der Waals surface area (Å²) in [7, 11) is 0. The molecule has 0 saturated heterocycles. The zero-order chi connectivity index (χ0) is 19.9. The third-order valence-corrected chi connectivity index (χ3v) is 5.40. The first-order chi connectivity index (χ1) is 13.6. The van der Waals surface area contributed by atoms with Gasteiger partial charge in [0.15, 0.2) is 5.16 Å². The molecule has 0 bridgehead atoms. The zero-order valence-corrected chi connectivity index (χ0v) is 16.9. The van der Waals surface area contributed by atoms with Crippen LogP contribution in [0.4, 0.5) is 0 Å². The average molecular weight is 397 g/mol. The monoisotopic (exact) mass is 396 g/mol. The van der Waals surface area contributed by atoms with Gasteiger partial charge < -0.3 is 4.74 Å². The molecule has 0 spiro atoms. The van der Waals surface area contributed by atoms with Crippen LogP contribution in [0.25, 0.3) is 10.9 Å². The third-order valence-electron chi connectivity index (χ3n) is 4.45. The third kappa shape index (κ3) is 4.62. The Labute approximate surface area is 168 Å². The average Bonchev–Trinajstić information content (AvgIpc) is 2.72. The molecular formula is C22H24N2O3S. The summed E-state index contributed by atoms with van der Waals surface area (Å²) < 4.78 is 6.85. The first-order valence-electron chi connectivity index (χ1n) is 9.46. The van der Waals surface area contributed by atoms with Crippen LogP contribution in [-0.2, 0) is 9.53 Å². The fourth-order valence-electron chi connectivity index (χ4n) is 2.96. The molecule has 3 aromatic rings. The summed E-state index contributed by atoms with van der Waals surface area (Å²) in [4.78, 5) is 29.7. The fourth-order valence-corrected chi connectivity index (χ4v) is 3.96. The Morgan fingerprint density at radius 3 is 2.61 bits per heavy atom. The van der Waals surface area contributed by atoms with Gasteiger partial charge in [-0.05, 0) is 31.0 Å². The minimum Gasteiger partial charge on any atom is -0.466 e. The smallest absolute Gasteiger partial charge is 0.306 e. The highest BCUT2D eigenvalue weighted by molar-refractivity contribution is 7.99. The number of nitrogens with zero attached hydrogens (tertiary/aromatic N) is 2. The van der Waals surface area contributed by atoms with Gasteiger partial charge in [-0.15, -0.1) is 0 Å². The molecule has 0 amide bonds. The Bertz CT molecular complexity index is 1000. The molecular weight excluding hydrogens is 372 g/mol. The van der Waals surface area contributed by atoms with Gasteiger partial charge in [0.25, 0.3) is 5.56 Å². The highest BCUT2D eigenvalue weighted by atomic mass is 32.2. The van der Waals surface area contributed by atoms with E-state index in [1.54, 1.807) is 10.6 Å². The minimum atomic E-state index is -0.222. The lowest BCUT2D eigenvalue weighted by atomic mass is 10.1. The second-order valence-corrected chi connectivity index (χ2v) is 7.55. The number of fused-ring (bicyclic) bond motifs is 1. The number of ether oxygens (including phenoxy) is 1. The molecule has 3 rings (SSSR count). The van der Waals surface area contributed by atoms with Crippen LogP contribution in [0.2, 0.25) is 0 Å². The van der Waals surface area contributed by atoms with Gasteiger partial charge in [0.05, 0.1) is 30.0 Å². The predicted molar refractivity (Wildman–Crippen MR) is 113 cm³/mol. The van der Waals surface area contributed by atoms with Gasteiger partial charge in [-0.2, -0.15) is 0 Å². The SMILES string of the molecule is CCCOC(=O)CCSc1nc2ccccc2c(=O)n1[C@H](C)c1ccccc1. The van der Waals surface area contributed by atoms with E-state index in [0.717, 1.165) is 12.0 Å². The van der Waals surface area contributed by atoms with Crippen LogP contribution in [0.15, 0.2) is 64.5 Å². The van der Waals surface area contributed by atoms with E-state index in [4.69, 9.17) is 9.72 Å². The second kappa shape index (κ2) is 9.55. The Morgan fingerprint density at radius 2 is 1.86 bits per heavy atom. The number of benzene rings is 2. The number of para-hydroxylation sites is 1. The van der Waals surface area contributed by atoms with E-state index in [1.807, 2.05) is 62.4 Å².